The highest BCUT2D eigenvalue weighted by Gasteiger charge is 2.31. The first-order chi connectivity index (χ1) is 14.0. The molecule has 29 heavy (non-hydrogen) atoms. The summed E-state index contributed by atoms with van der Waals surface area (Å²) < 4.78 is 1.87. The number of amides is 1. The van der Waals surface area contributed by atoms with E-state index in [0.29, 0.717) is 14.6 Å². The van der Waals surface area contributed by atoms with Gasteiger partial charge in [-0.3, -0.25) is 9.78 Å². The van der Waals surface area contributed by atoms with E-state index in [1.165, 1.54) is 0 Å². The van der Waals surface area contributed by atoms with Gasteiger partial charge in [0, 0.05) is 43.3 Å². The molecule has 2 unspecified atom stereocenters. The minimum absolute atomic E-state index is 0.0249. The quantitative estimate of drug-likeness (QED) is 0.772. The first-order valence-electron chi connectivity index (χ1n) is 10.0. The summed E-state index contributed by atoms with van der Waals surface area (Å²) in [7, 11) is 0.466. The van der Waals surface area contributed by atoms with Crippen molar-refractivity contribution in [2.75, 3.05) is 19.6 Å². The average molecular weight is 408 g/mol. The van der Waals surface area contributed by atoms with Gasteiger partial charge < -0.3 is 15.1 Å². The van der Waals surface area contributed by atoms with Crippen LogP contribution in [0, 0.1) is 13.8 Å². The summed E-state index contributed by atoms with van der Waals surface area (Å²) in [6.07, 6.45) is 10.0. The molecule has 3 aliphatic heterocycles. The van der Waals surface area contributed by atoms with Gasteiger partial charge in [0.05, 0.1) is 40.3 Å². The minimum Gasteiger partial charge on any atom is -0.368 e. The summed E-state index contributed by atoms with van der Waals surface area (Å²) in [5.41, 5.74) is 4.86. The van der Waals surface area contributed by atoms with Crippen LogP contribution in [0.25, 0.3) is 10.8 Å². The van der Waals surface area contributed by atoms with Crippen LogP contribution in [-0.2, 0) is 4.79 Å². The maximum Gasteiger partial charge on any atom is 0.252 e. The Labute approximate surface area is 171 Å². The smallest absolute Gasteiger partial charge is 0.252 e. The zero-order valence-electron chi connectivity index (χ0n) is 16.9. The number of hydrogen-bond acceptors (Lipinski definition) is 5. The van der Waals surface area contributed by atoms with Gasteiger partial charge in [0.1, 0.15) is 0 Å². The number of carbonyl (C=O) groups excluding carboxylic acids is 1. The summed E-state index contributed by atoms with van der Waals surface area (Å²) >= 11 is 0. The van der Waals surface area contributed by atoms with Crippen molar-refractivity contribution in [3.8, 4) is 0 Å². The lowest BCUT2D eigenvalue weighted by Gasteiger charge is -2.39. The Kier molecular flexibility index (Phi) is 4.52. The number of nitrogens with zero attached hydrogens (tertiary/aromatic N) is 5. The molecule has 8 heteroatoms. The fourth-order valence-corrected chi connectivity index (χ4v) is 5.52. The van der Waals surface area contributed by atoms with Crippen LogP contribution in [0.1, 0.15) is 24.0 Å². The van der Waals surface area contributed by atoms with Crippen molar-refractivity contribution in [1.29, 1.82) is 0 Å². The predicted molar refractivity (Wildman–Crippen MR) is 116 cm³/mol. The van der Waals surface area contributed by atoms with Gasteiger partial charge in [-0.1, -0.05) is 14.7 Å². The molecule has 5 rings (SSSR count). The van der Waals surface area contributed by atoms with E-state index in [1.54, 1.807) is 6.08 Å². The zero-order chi connectivity index (χ0) is 20.1. The monoisotopic (exact) mass is 408 g/mol. The Bertz CT molecular complexity index is 1080. The molecule has 2 aromatic heterocycles. The third kappa shape index (κ3) is 3.38. The molecule has 1 fully saturated rings. The van der Waals surface area contributed by atoms with E-state index in [-0.39, 0.29) is 11.7 Å². The fourth-order valence-electron chi connectivity index (χ4n) is 4.19. The van der Waals surface area contributed by atoms with E-state index in [1.807, 2.05) is 41.7 Å². The van der Waals surface area contributed by atoms with Gasteiger partial charge in [-0.2, -0.15) is 5.10 Å². The fraction of sp³-hybridized carbons (Fsp3) is 0.381. The van der Waals surface area contributed by atoms with Gasteiger partial charge >= 0.3 is 0 Å². The van der Waals surface area contributed by atoms with E-state index in [9.17, 15) is 4.79 Å². The van der Waals surface area contributed by atoms with Crippen LogP contribution in [0.4, 0.5) is 0 Å². The number of aryl methyl sites for hydroxylation is 2. The number of nitrogens with one attached hydrogen (secondary N) is 1. The van der Waals surface area contributed by atoms with Gasteiger partial charge in [0.2, 0.25) is 0 Å². The van der Waals surface area contributed by atoms with Crippen LogP contribution >= 0.6 is 8.58 Å². The summed E-state index contributed by atoms with van der Waals surface area (Å²) in [5, 5.41) is 9.19. The minimum atomic E-state index is 0.0249. The lowest BCUT2D eigenvalue weighted by atomic mass is 10.2. The summed E-state index contributed by atoms with van der Waals surface area (Å²) in [6, 6.07) is 2.50. The lowest BCUT2D eigenvalue weighted by Crippen LogP contribution is -2.49. The standard InChI is InChI=1S/C21H25N6OP/c1-13-10-25(7-6-22-13)16-4-5-21-26(12-16)20(28)9-19(29-21)17-8-18-15(3)23-14(2)11-27(18)24-17/h4-5,8-9,11-13,21-22,29H,6-7,10H2,1-3H3/t13-,21?/m0/s1. The van der Waals surface area contributed by atoms with Crippen molar-refractivity contribution < 1.29 is 4.79 Å². The average Bonchev–Trinajstić information content (AvgIpc) is 3.12. The zero-order valence-corrected chi connectivity index (χ0v) is 17.9. The van der Waals surface area contributed by atoms with Crippen LogP contribution in [0.2, 0.25) is 0 Å². The Morgan fingerprint density at radius 1 is 1.31 bits per heavy atom. The Morgan fingerprint density at radius 2 is 2.17 bits per heavy atom. The highest BCUT2D eigenvalue weighted by Crippen LogP contribution is 2.44. The van der Waals surface area contributed by atoms with Gasteiger partial charge in [-0.05, 0) is 32.9 Å². The van der Waals surface area contributed by atoms with Gasteiger partial charge in [-0.15, -0.1) is 0 Å². The van der Waals surface area contributed by atoms with Crippen molar-refractivity contribution in [1.82, 2.24) is 29.7 Å². The second-order valence-corrected chi connectivity index (χ2v) is 9.35. The molecule has 150 valence electrons. The van der Waals surface area contributed by atoms with Crippen LogP contribution in [-0.4, -0.2) is 61.8 Å². The Morgan fingerprint density at radius 3 is 3.00 bits per heavy atom. The molecule has 1 amide bonds. The van der Waals surface area contributed by atoms with Crippen LogP contribution in [0.5, 0.6) is 0 Å². The molecule has 0 spiro atoms. The maximum atomic E-state index is 12.9. The van der Waals surface area contributed by atoms with Crippen LogP contribution in [0.15, 0.2) is 42.4 Å². The normalized spacial score (nSPS) is 25.4. The Hall–Kier alpha value is -2.50. The van der Waals surface area contributed by atoms with Crippen molar-refractivity contribution in [2.45, 2.75) is 32.6 Å². The summed E-state index contributed by atoms with van der Waals surface area (Å²) in [5.74, 6) is 0.0919. The molecule has 5 heterocycles. The molecule has 7 nitrogen and oxygen atoms in total. The molecule has 0 aromatic carbocycles. The molecule has 2 aromatic rings. The number of carbonyl (C=O) groups is 1. The second-order valence-electron chi connectivity index (χ2n) is 7.93. The number of aromatic nitrogens is 3. The van der Waals surface area contributed by atoms with Crippen LogP contribution in [0.3, 0.4) is 0 Å². The number of rotatable bonds is 2. The highest BCUT2D eigenvalue weighted by atomic mass is 31.1. The summed E-state index contributed by atoms with van der Waals surface area (Å²) in [6.45, 7) is 9.04. The van der Waals surface area contributed by atoms with E-state index in [2.05, 4.69) is 34.3 Å². The second kappa shape index (κ2) is 7.08. The number of fused-ring (bicyclic) bond motifs is 2. The summed E-state index contributed by atoms with van der Waals surface area (Å²) in [4.78, 5) is 21.7. The van der Waals surface area contributed by atoms with Crippen molar-refractivity contribution in [3.05, 3.63) is 59.5 Å². The van der Waals surface area contributed by atoms with Crippen LogP contribution < -0.4 is 5.32 Å². The molecular weight excluding hydrogens is 383 g/mol. The number of allylic oxidation sites excluding steroid dienone is 1. The maximum absolute atomic E-state index is 12.9. The first-order valence-corrected chi connectivity index (χ1v) is 11.1. The van der Waals surface area contributed by atoms with E-state index < -0.39 is 0 Å². The van der Waals surface area contributed by atoms with Gasteiger partial charge in [0.25, 0.3) is 5.91 Å². The van der Waals surface area contributed by atoms with Gasteiger partial charge in [0.15, 0.2) is 0 Å². The van der Waals surface area contributed by atoms with Crippen molar-refractivity contribution in [2.24, 2.45) is 0 Å². The molecular formula is C21H25N6OP. The molecule has 1 N–H and O–H groups in total. The first kappa shape index (κ1) is 18.5. The molecule has 3 aliphatic rings. The molecule has 0 bridgehead atoms. The van der Waals surface area contributed by atoms with Crippen molar-refractivity contribution >= 4 is 25.3 Å². The predicted octanol–water partition coefficient (Wildman–Crippen LogP) is 2.24. The molecule has 1 saturated heterocycles. The third-order valence-electron chi connectivity index (χ3n) is 5.62. The largest absolute Gasteiger partial charge is 0.368 e. The number of hydrogen-bond donors (Lipinski definition) is 1. The van der Waals surface area contributed by atoms with E-state index >= 15 is 0 Å². The van der Waals surface area contributed by atoms with Gasteiger partial charge in [-0.25, -0.2) is 4.52 Å². The third-order valence-corrected chi connectivity index (χ3v) is 7.09. The molecule has 0 saturated carbocycles. The Balaban J connectivity index is 1.43. The SMILES string of the molecule is Cc1cn2nc(C3=CC(=O)N4C=C(N5CCN[C@@H](C)C5)C=CC4P3)cc2c(C)n1. The molecule has 3 atom stereocenters. The lowest BCUT2D eigenvalue weighted by molar-refractivity contribution is -0.123. The topological polar surface area (TPSA) is 65.8 Å². The van der Waals surface area contributed by atoms with Crippen molar-refractivity contribution in [3.63, 3.8) is 0 Å². The number of piperazine rings is 1. The molecule has 0 radical (unpaired) electrons. The van der Waals surface area contributed by atoms with E-state index in [4.69, 9.17) is 5.10 Å². The highest BCUT2D eigenvalue weighted by molar-refractivity contribution is 7.51. The van der Waals surface area contributed by atoms with E-state index in [0.717, 1.165) is 53.2 Å². The molecule has 0 aliphatic carbocycles.